The maximum Gasteiger partial charge on any atom is 0.170 e. The fourth-order valence-corrected chi connectivity index (χ4v) is 3.46. The van der Waals surface area contributed by atoms with E-state index in [1.807, 2.05) is 20.1 Å². The first-order valence-corrected chi connectivity index (χ1v) is 6.68. The predicted octanol–water partition coefficient (Wildman–Crippen LogP) is 3.67. The summed E-state index contributed by atoms with van der Waals surface area (Å²) in [6, 6.07) is 2.21. The lowest BCUT2D eigenvalue weighted by Gasteiger charge is -2.05. The normalized spacial score (nSPS) is 10.4. The molecular weight excluding hydrogens is 226 g/mol. The van der Waals surface area contributed by atoms with E-state index in [1.54, 1.807) is 6.92 Å². The van der Waals surface area contributed by atoms with Gasteiger partial charge in [-0.15, -0.1) is 23.1 Å². The largest absolute Gasteiger partial charge is 0.294 e. The summed E-state index contributed by atoms with van der Waals surface area (Å²) in [6.45, 7) is 5.59. The summed E-state index contributed by atoms with van der Waals surface area (Å²) in [7, 11) is 0. The molecule has 0 saturated carbocycles. The number of Topliss-reactive ketones (excluding diaryl/α,β-unsaturated/α-hetero) is 1. The molecule has 0 aromatic carbocycles. The molecule has 15 heavy (non-hydrogen) atoms. The molecule has 80 valence electrons. The highest BCUT2D eigenvalue weighted by atomic mass is 32.2. The lowest BCUT2D eigenvalue weighted by Crippen LogP contribution is -1.98. The van der Waals surface area contributed by atoms with Crippen molar-refractivity contribution in [2.45, 2.75) is 30.9 Å². The van der Waals surface area contributed by atoms with Crippen LogP contribution in [0.25, 0.3) is 0 Å². The second-order valence-electron chi connectivity index (χ2n) is 3.53. The molecule has 0 saturated heterocycles. The van der Waals surface area contributed by atoms with Crippen LogP contribution < -0.4 is 0 Å². The molecule has 0 unspecified atom stereocenters. The minimum Gasteiger partial charge on any atom is -0.294 e. The minimum atomic E-state index is 0.0560. The van der Waals surface area contributed by atoms with Gasteiger partial charge < -0.3 is 0 Å². The van der Waals surface area contributed by atoms with Gasteiger partial charge in [0.15, 0.2) is 5.78 Å². The monoisotopic (exact) mass is 239 g/mol. The van der Waals surface area contributed by atoms with Crippen molar-refractivity contribution in [3.8, 4) is 6.07 Å². The summed E-state index contributed by atoms with van der Waals surface area (Å²) in [6.07, 6.45) is 1.93. The average molecular weight is 239 g/mol. The van der Waals surface area contributed by atoms with Gasteiger partial charge in [-0.2, -0.15) is 5.26 Å². The molecule has 1 aromatic rings. The Morgan fingerprint density at radius 2 is 2.13 bits per heavy atom. The Morgan fingerprint density at radius 1 is 1.53 bits per heavy atom. The van der Waals surface area contributed by atoms with Gasteiger partial charge in [-0.3, -0.25) is 4.79 Å². The fourth-order valence-electron chi connectivity index (χ4n) is 1.48. The zero-order valence-corrected chi connectivity index (χ0v) is 10.9. The van der Waals surface area contributed by atoms with Crippen molar-refractivity contribution in [1.29, 1.82) is 5.26 Å². The number of nitrogens with zero attached hydrogens (tertiary/aromatic N) is 1. The number of thioether (sulfide) groups is 1. The van der Waals surface area contributed by atoms with Gasteiger partial charge in [-0.25, -0.2) is 0 Å². The Kier molecular flexibility index (Phi) is 3.95. The van der Waals surface area contributed by atoms with Crippen LogP contribution in [0.1, 0.15) is 47.5 Å². The Bertz CT molecular complexity index is 427. The van der Waals surface area contributed by atoms with Crippen LogP contribution in [-0.2, 0) is 0 Å². The molecule has 2 nitrogen and oxygen atoms in total. The van der Waals surface area contributed by atoms with E-state index < -0.39 is 0 Å². The molecule has 0 amide bonds. The highest BCUT2D eigenvalue weighted by molar-refractivity contribution is 8.00. The topological polar surface area (TPSA) is 40.9 Å². The van der Waals surface area contributed by atoms with Crippen molar-refractivity contribution in [3.05, 3.63) is 16.0 Å². The summed E-state index contributed by atoms with van der Waals surface area (Å²) in [5.74, 6) is 0.274. The van der Waals surface area contributed by atoms with Crippen LogP contribution in [0.4, 0.5) is 0 Å². The van der Waals surface area contributed by atoms with Crippen LogP contribution in [0.5, 0.6) is 0 Å². The van der Waals surface area contributed by atoms with Gasteiger partial charge in [0.2, 0.25) is 0 Å². The molecule has 0 aliphatic heterocycles. The molecule has 0 aliphatic carbocycles. The van der Waals surface area contributed by atoms with E-state index in [1.165, 1.54) is 23.1 Å². The lowest BCUT2D eigenvalue weighted by molar-refractivity contribution is 0.102. The molecule has 0 bridgehead atoms. The van der Waals surface area contributed by atoms with Crippen LogP contribution in [0.3, 0.4) is 0 Å². The quantitative estimate of drug-likeness (QED) is 0.597. The van der Waals surface area contributed by atoms with Crippen molar-refractivity contribution in [2.24, 2.45) is 0 Å². The maximum atomic E-state index is 11.5. The third kappa shape index (κ3) is 2.24. The second-order valence-corrected chi connectivity index (χ2v) is 5.63. The zero-order valence-electron chi connectivity index (χ0n) is 9.25. The SMILES string of the molecule is CSc1sc(C(C)=O)c(C(C)C)c1C#N. The molecule has 1 rings (SSSR count). The van der Waals surface area contributed by atoms with E-state index in [-0.39, 0.29) is 11.7 Å². The van der Waals surface area contributed by atoms with Crippen molar-refractivity contribution in [2.75, 3.05) is 6.26 Å². The van der Waals surface area contributed by atoms with Gasteiger partial charge in [-0.05, 0) is 24.7 Å². The first-order valence-electron chi connectivity index (χ1n) is 4.64. The molecule has 0 aliphatic rings. The molecule has 0 radical (unpaired) electrons. The van der Waals surface area contributed by atoms with Gasteiger partial charge in [0, 0.05) is 0 Å². The summed E-state index contributed by atoms with van der Waals surface area (Å²) in [5, 5.41) is 9.11. The number of carbonyl (C=O) groups excluding carboxylic acids is 1. The number of ketones is 1. The second kappa shape index (κ2) is 4.82. The van der Waals surface area contributed by atoms with Gasteiger partial charge in [0.25, 0.3) is 0 Å². The number of nitriles is 1. The Morgan fingerprint density at radius 3 is 2.47 bits per heavy atom. The highest BCUT2D eigenvalue weighted by Crippen LogP contribution is 2.38. The van der Waals surface area contributed by atoms with Gasteiger partial charge in [-0.1, -0.05) is 13.8 Å². The Balaban J connectivity index is 3.49. The van der Waals surface area contributed by atoms with Crippen LogP contribution in [0.15, 0.2) is 4.21 Å². The van der Waals surface area contributed by atoms with Crippen LogP contribution in [-0.4, -0.2) is 12.0 Å². The summed E-state index contributed by atoms with van der Waals surface area (Å²) >= 11 is 2.97. The van der Waals surface area contributed by atoms with Crippen molar-refractivity contribution in [3.63, 3.8) is 0 Å². The Hall–Kier alpha value is -0.790. The van der Waals surface area contributed by atoms with Crippen LogP contribution in [0.2, 0.25) is 0 Å². The lowest BCUT2D eigenvalue weighted by atomic mass is 9.98. The van der Waals surface area contributed by atoms with Gasteiger partial charge >= 0.3 is 0 Å². The predicted molar refractivity (Wildman–Crippen MR) is 64.9 cm³/mol. The summed E-state index contributed by atoms with van der Waals surface area (Å²) in [5.41, 5.74) is 1.60. The minimum absolute atomic E-state index is 0.0560. The molecule has 1 heterocycles. The fraction of sp³-hybridized carbons (Fsp3) is 0.455. The van der Waals surface area contributed by atoms with E-state index >= 15 is 0 Å². The van der Waals surface area contributed by atoms with Gasteiger partial charge in [0.1, 0.15) is 6.07 Å². The number of carbonyl (C=O) groups is 1. The highest BCUT2D eigenvalue weighted by Gasteiger charge is 2.22. The third-order valence-electron chi connectivity index (χ3n) is 2.11. The van der Waals surface area contributed by atoms with E-state index in [2.05, 4.69) is 6.07 Å². The molecule has 4 heteroatoms. The number of hydrogen-bond donors (Lipinski definition) is 0. The maximum absolute atomic E-state index is 11.5. The van der Waals surface area contributed by atoms with E-state index in [0.717, 1.165) is 14.6 Å². The summed E-state index contributed by atoms with van der Waals surface area (Å²) in [4.78, 5) is 12.2. The number of rotatable bonds is 3. The van der Waals surface area contributed by atoms with E-state index in [0.29, 0.717) is 5.56 Å². The van der Waals surface area contributed by atoms with Gasteiger partial charge in [0.05, 0.1) is 14.6 Å². The van der Waals surface area contributed by atoms with Crippen LogP contribution >= 0.6 is 23.1 Å². The van der Waals surface area contributed by atoms with Crippen LogP contribution in [0, 0.1) is 11.3 Å². The number of hydrogen-bond acceptors (Lipinski definition) is 4. The smallest absolute Gasteiger partial charge is 0.170 e. The van der Waals surface area contributed by atoms with E-state index in [4.69, 9.17) is 5.26 Å². The molecule has 0 atom stereocenters. The van der Waals surface area contributed by atoms with Crippen molar-refractivity contribution in [1.82, 2.24) is 0 Å². The van der Waals surface area contributed by atoms with Crippen molar-refractivity contribution < 1.29 is 4.79 Å². The molecular formula is C11H13NOS2. The first kappa shape index (κ1) is 12.3. The Labute approximate surface area is 98.3 Å². The molecule has 1 aromatic heterocycles. The standard InChI is InChI=1S/C11H13NOS2/c1-6(2)9-8(5-12)11(14-4)15-10(9)7(3)13/h6H,1-4H3. The van der Waals surface area contributed by atoms with E-state index in [9.17, 15) is 4.79 Å². The molecule has 0 spiro atoms. The molecule has 0 fully saturated rings. The number of thiophene rings is 1. The molecule has 0 N–H and O–H groups in total. The first-order chi connectivity index (χ1) is 7.02. The average Bonchev–Trinajstić information content (AvgIpc) is 2.55. The zero-order chi connectivity index (χ0) is 11.6. The van der Waals surface area contributed by atoms with Crippen molar-refractivity contribution >= 4 is 28.9 Å². The third-order valence-corrected chi connectivity index (χ3v) is 4.53. The summed E-state index contributed by atoms with van der Waals surface area (Å²) < 4.78 is 0.950.